The zero-order chi connectivity index (χ0) is 18.2. The summed E-state index contributed by atoms with van der Waals surface area (Å²) in [4.78, 5) is 19.6. The van der Waals surface area contributed by atoms with Crippen LogP contribution >= 0.6 is 0 Å². The topological polar surface area (TPSA) is 55.4 Å². The van der Waals surface area contributed by atoms with E-state index in [1.165, 1.54) is 6.42 Å². The Morgan fingerprint density at radius 2 is 1.59 bits per heavy atom. The number of carbonyl (C=O) groups excluding carboxylic acids is 1. The first-order chi connectivity index (χ1) is 13.3. The molecule has 2 aromatic heterocycles. The molecule has 0 bridgehead atoms. The second-order valence-electron chi connectivity index (χ2n) is 7.03. The van der Waals surface area contributed by atoms with E-state index in [2.05, 4.69) is 0 Å². The van der Waals surface area contributed by atoms with Crippen LogP contribution < -0.4 is 0 Å². The molecule has 5 rings (SSSR count). The summed E-state index contributed by atoms with van der Waals surface area (Å²) in [6, 6.07) is 18.0. The van der Waals surface area contributed by atoms with Crippen LogP contribution in [-0.4, -0.2) is 43.1 Å². The Morgan fingerprint density at radius 1 is 0.889 bits per heavy atom. The molecule has 1 fully saturated rings. The maximum atomic E-state index is 12.9. The maximum absolute atomic E-state index is 12.9. The summed E-state index contributed by atoms with van der Waals surface area (Å²) in [6.07, 6.45) is 3.40. The third kappa shape index (κ3) is 2.77. The predicted octanol–water partition coefficient (Wildman–Crippen LogP) is 3.36. The van der Waals surface area contributed by atoms with E-state index in [-0.39, 0.29) is 5.91 Å². The summed E-state index contributed by atoms with van der Waals surface area (Å²) in [5, 5.41) is 4.71. The molecule has 1 amide bonds. The van der Waals surface area contributed by atoms with Crippen LogP contribution in [0.2, 0.25) is 0 Å². The monoisotopic (exact) mass is 359 g/mol. The molecule has 136 valence electrons. The van der Waals surface area contributed by atoms with E-state index >= 15 is 0 Å². The van der Waals surface area contributed by atoms with Crippen molar-refractivity contribution in [2.24, 2.45) is 0 Å². The third-order valence-corrected chi connectivity index (χ3v) is 5.27. The number of nitrogens with zero attached hydrogens (tertiary/aromatic N) is 5. The lowest BCUT2D eigenvalue weighted by molar-refractivity contribution is -0.132. The average Bonchev–Trinajstić information content (AvgIpc) is 3.28. The molecule has 6 heteroatoms. The van der Waals surface area contributed by atoms with Crippen molar-refractivity contribution in [3.63, 3.8) is 0 Å². The molecule has 1 aliphatic heterocycles. The molecule has 0 saturated carbocycles. The van der Waals surface area contributed by atoms with Gasteiger partial charge in [-0.15, -0.1) is 5.10 Å². The lowest BCUT2D eigenvalue weighted by Gasteiger charge is -2.26. The van der Waals surface area contributed by atoms with E-state index in [4.69, 9.17) is 10.1 Å². The number of hydrogen-bond acceptors (Lipinski definition) is 3. The molecular weight excluding hydrogens is 338 g/mol. The first-order valence-electron chi connectivity index (χ1n) is 9.48. The van der Waals surface area contributed by atoms with Crippen LogP contribution in [-0.2, 0) is 11.3 Å². The van der Waals surface area contributed by atoms with Gasteiger partial charge in [-0.2, -0.15) is 9.50 Å². The smallest absolute Gasteiger partial charge is 0.242 e. The molecule has 0 atom stereocenters. The molecule has 0 aliphatic carbocycles. The second kappa shape index (κ2) is 6.54. The predicted molar refractivity (Wildman–Crippen MR) is 104 cm³/mol. The highest BCUT2D eigenvalue weighted by atomic mass is 16.2. The fraction of sp³-hybridized carbons (Fsp3) is 0.286. The number of amides is 1. The Morgan fingerprint density at radius 3 is 2.37 bits per heavy atom. The van der Waals surface area contributed by atoms with Gasteiger partial charge in [0.25, 0.3) is 0 Å². The quantitative estimate of drug-likeness (QED) is 0.564. The van der Waals surface area contributed by atoms with Crippen molar-refractivity contribution in [3.05, 3.63) is 54.6 Å². The number of piperidine rings is 1. The van der Waals surface area contributed by atoms with Crippen LogP contribution in [0.5, 0.6) is 0 Å². The second-order valence-corrected chi connectivity index (χ2v) is 7.03. The Kier molecular flexibility index (Phi) is 3.89. The molecule has 2 aromatic carbocycles. The fourth-order valence-electron chi connectivity index (χ4n) is 3.86. The van der Waals surface area contributed by atoms with E-state index in [0.717, 1.165) is 42.5 Å². The van der Waals surface area contributed by atoms with Crippen molar-refractivity contribution in [1.82, 2.24) is 24.1 Å². The molecule has 0 unspecified atom stereocenters. The molecule has 4 aromatic rings. The Balaban J connectivity index is 1.60. The molecule has 0 radical (unpaired) electrons. The van der Waals surface area contributed by atoms with Gasteiger partial charge in [0.2, 0.25) is 11.7 Å². The van der Waals surface area contributed by atoms with Gasteiger partial charge in [-0.25, -0.2) is 0 Å². The highest BCUT2D eigenvalue weighted by Gasteiger charge is 2.21. The summed E-state index contributed by atoms with van der Waals surface area (Å²) < 4.78 is 3.84. The van der Waals surface area contributed by atoms with Crippen molar-refractivity contribution in [2.75, 3.05) is 13.1 Å². The highest BCUT2D eigenvalue weighted by molar-refractivity contribution is 5.84. The maximum Gasteiger partial charge on any atom is 0.242 e. The van der Waals surface area contributed by atoms with Crippen molar-refractivity contribution in [3.8, 4) is 11.4 Å². The van der Waals surface area contributed by atoms with Gasteiger partial charge < -0.3 is 4.90 Å². The summed E-state index contributed by atoms with van der Waals surface area (Å²) >= 11 is 0. The van der Waals surface area contributed by atoms with Gasteiger partial charge in [0.05, 0.1) is 11.0 Å². The third-order valence-electron chi connectivity index (χ3n) is 5.27. The Bertz CT molecular complexity index is 1110. The van der Waals surface area contributed by atoms with Gasteiger partial charge in [-0.05, 0) is 31.4 Å². The SMILES string of the molecule is O=C(Cn1c2ccccc2n2nc(-c3ccccc3)nc12)N1CCCCC1. The molecular formula is C21H21N5O. The first-order valence-corrected chi connectivity index (χ1v) is 9.48. The number of imidazole rings is 1. The molecule has 0 spiro atoms. The highest BCUT2D eigenvalue weighted by Crippen LogP contribution is 2.23. The van der Waals surface area contributed by atoms with Crippen molar-refractivity contribution < 1.29 is 4.79 Å². The number of para-hydroxylation sites is 2. The van der Waals surface area contributed by atoms with Gasteiger partial charge in [0, 0.05) is 18.7 Å². The number of likely N-dealkylation sites (tertiary alicyclic amines) is 1. The summed E-state index contributed by atoms with van der Waals surface area (Å²) in [5.74, 6) is 1.54. The largest absolute Gasteiger partial charge is 0.341 e. The minimum atomic E-state index is 0.155. The van der Waals surface area contributed by atoms with E-state index < -0.39 is 0 Å². The van der Waals surface area contributed by atoms with Gasteiger partial charge in [0.15, 0.2) is 5.82 Å². The van der Waals surface area contributed by atoms with Crippen LogP contribution in [0.1, 0.15) is 19.3 Å². The standard InChI is InChI=1S/C21H21N5O/c27-19(24-13-7-2-8-14-24)15-25-17-11-5-6-12-18(17)26-21(25)22-20(23-26)16-9-3-1-4-10-16/h1,3-6,9-12H,2,7-8,13-15H2. The van der Waals surface area contributed by atoms with Crippen molar-refractivity contribution in [1.29, 1.82) is 0 Å². The molecule has 6 nitrogen and oxygen atoms in total. The zero-order valence-electron chi connectivity index (χ0n) is 15.1. The van der Waals surface area contributed by atoms with Gasteiger partial charge in [0.1, 0.15) is 6.54 Å². The molecule has 27 heavy (non-hydrogen) atoms. The Labute approximate surface area is 157 Å². The summed E-state index contributed by atoms with van der Waals surface area (Å²) in [7, 11) is 0. The van der Waals surface area contributed by atoms with Gasteiger partial charge >= 0.3 is 0 Å². The fourth-order valence-corrected chi connectivity index (χ4v) is 3.86. The average molecular weight is 359 g/mol. The van der Waals surface area contributed by atoms with E-state index in [9.17, 15) is 4.79 Å². The Hall–Kier alpha value is -3.15. The first kappa shape index (κ1) is 16.1. The molecule has 3 heterocycles. The molecule has 1 saturated heterocycles. The number of hydrogen-bond donors (Lipinski definition) is 0. The number of rotatable bonds is 3. The molecule has 0 N–H and O–H groups in total. The lowest BCUT2D eigenvalue weighted by atomic mass is 10.1. The van der Waals surface area contributed by atoms with Crippen molar-refractivity contribution >= 4 is 22.7 Å². The van der Waals surface area contributed by atoms with Crippen LogP contribution in [0.25, 0.3) is 28.2 Å². The minimum Gasteiger partial charge on any atom is -0.341 e. The van der Waals surface area contributed by atoms with E-state index in [0.29, 0.717) is 18.1 Å². The van der Waals surface area contributed by atoms with E-state index in [1.54, 1.807) is 0 Å². The zero-order valence-corrected chi connectivity index (χ0v) is 15.1. The summed E-state index contributed by atoms with van der Waals surface area (Å²) in [6.45, 7) is 2.01. The van der Waals surface area contributed by atoms with Gasteiger partial charge in [-0.1, -0.05) is 42.5 Å². The number of carbonyl (C=O) groups is 1. The number of benzene rings is 2. The van der Waals surface area contributed by atoms with Crippen LogP contribution in [0.4, 0.5) is 0 Å². The van der Waals surface area contributed by atoms with Gasteiger partial charge in [-0.3, -0.25) is 9.36 Å². The normalized spacial score (nSPS) is 14.9. The van der Waals surface area contributed by atoms with Crippen LogP contribution in [0.3, 0.4) is 0 Å². The molecule has 1 aliphatic rings. The van der Waals surface area contributed by atoms with Crippen LogP contribution in [0, 0.1) is 0 Å². The van der Waals surface area contributed by atoms with Crippen LogP contribution in [0.15, 0.2) is 54.6 Å². The van der Waals surface area contributed by atoms with Crippen molar-refractivity contribution in [2.45, 2.75) is 25.8 Å². The summed E-state index contributed by atoms with van der Waals surface area (Å²) in [5.41, 5.74) is 2.92. The lowest BCUT2D eigenvalue weighted by Crippen LogP contribution is -2.37. The number of fused-ring (bicyclic) bond motifs is 3. The minimum absolute atomic E-state index is 0.155. The van der Waals surface area contributed by atoms with E-state index in [1.807, 2.05) is 68.6 Å². The number of aromatic nitrogens is 4.